The molecule has 0 aromatic heterocycles. The number of nitrogens with two attached hydrogens (primary N) is 1. The van der Waals surface area contributed by atoms with E-state index in [1.807, 2.05) is 6.92 Å². The van der Waals surface area contributed by atoms with Crippen LogP contribution in [0.2, 0.25) is 0 Å². The third kappa shape index (κ3) is 5.92. The quantitative estimate of drug-likeness (QED) is 0.489. The van der Waals surface area contributed by atoms with Gasteiger partial charge in [0.25, 0.3) is 0 Å². The van der Waals surface area contributed by atoms with Gasteiger partial charge < -0.3 is 10.1 Å². The zero-order valence-electron chi connectivity index (χ0n) is 5.81. The Morgan fingerprint density at radius 3 is 2.75 bits per heavy atom. The van der Waals surface area contributed by atoms with Crippen LogP contribution in [0.1, 0.15) is 13.3 Å². The molecule has 0 saturated carbocycles. The van der Waals surface area contributed by atoms with Gasteiger partial charge in [0.05, 0.1) is 20.2 Å². The van der Waals surface area contributed by atoms with E-state index in [-0.39, 0.29) is 0 Å². The maximum atomic E-state index is 5.12. The van der Waals surface area contributed by atoms with E-state index in [0.29, 0.717) is 0 Å². The van der Waals surface area contributed by atoms with Gasteiger partial charge >= 0.3 is 0 Å². The summed E-state index contributed by atoms with van der Waals surface area (Å²) in [6.45, 7) is 4.97. The molecule has 0 saturated heterocycles. The molecular weight excluding hydrogens is 102 g/mol. The number of quaternary nitrogens is 1. The molecule has 0 aliphatic rings. The summed E-state index contributed by atoms with van der Waals surface area (Å²) in [4.78, 5) is 0. The van der Waals surface area contributed by atoms with Crippen molar-refractivity contribution in [3.8, 4) is 0 Å². The van der Waals surface area contributed by atoms with Gasteiger partial charge in [-0.25, -0.2) is 0 Å². The normalized spacial score (nSPS) is 9.75. The Bertz CT molecular complexity index is 33.5. The molecule has 50 valence electrons. The van der Waals surface area contributed by atoms with Crippen LogP contribution in [0.25, 0.3) is 0 Å². The van der Waals surface area contributed by atoms with Crippen LogP contribution in [0.15, 0.2) is 0 Å². The molecule has 0 aliphatic heterocycles. The van der Waals surface area contributed by atoms with Gasteiger partial charge in [0.15, 0.2) is 0 Å². The molecule has 0 aromatic carbocycles. The van der Waals surface area contributed by atoms with Crippen molar-refractivity contribution in [2.75, 3.05) is 26.8 Å². The van der Waals surface area contributed by atoms with Crippen molar-refractivity contribution in [3.05, 3.63) is 0 Å². The second-order valence-electron chi connectivity index (χ2n) is 1.75. The van der Waals surface area contributed by atoms with Crippen molar-refractivity contribution in [2.45, 2.75) is 13.3 Å². The largest absolute Gasteiger partial charge is 0.382 e. The van der Waals surface area contributed by atoms with Crippen LogP contribution in [-0.4, -0.2) is 26.8 Å². The minimum atomic E-state index is 0.851. The minimum Gasteiger partial charge on any atom is -0.382 e. The van der Waals surface area contributed by atoms with Crippen LogP contribution >= 0.6 is 0 Å². The molecule has 0 rings (SSSR count). The highest BCUT2D eigenvalue weighted by molar-refractivity contribution is 4.27. The molecule has 0 aromatic rings. The molecule has 0 atom stereocenters. The van der Waals surface area contributed by atoms with Gasteiger partial charge in [0, 0.05) is 13.0 Å². The molecule has 0 radical (unpaired) electrons. The molecule has 0 unspecified atom stereocenters. The van der Waals surface area contributed by atoms with Crippen LogP contribution in [0.4, 0.5) is 0 Å². The highest BCUT2D eigenvalue weighted by Crippen LogP contribution is 1.75. The lowest BCUT2D eigenvalue weighted by Crippen LogP contribution is -2.79. The number of rotatable bonds is 5. The first-order chi connectivity index (χ1) is 3.91. The SMILES string of the molecule is CCOCCC[NH2+]C. The highest BCUT2D eigenvalue weighted by atomic mass is 16.5. The Hall–Kier alpha value is -0.0800. The summed E-state index contributed by atoms with van der Waals surface area (Å²) in [7, 11) is 2.08. The first-order valence-electron chi connectivity index (χ1n) is 3.27. The lowest BCUT2D eigenvalue weighted by molar-refractivity contribution is -0.627. The van der Waals surface area contributed by atoms with Crippen LogP contribution in [0, 0.1) is 0 Å². The second-order valence-corrected chi connectivity index (χ2v) is 1.75. The van der Waals surface area contributed by atoms with Gasteiger partial charge in [-0.1, -0.05) is 0 Å². The van der Waals surface area contributed by atoms with Crippen molar-refractivity contribution in [3.63, 3.8) is 0 Å². The third-order valence-corrected chi connectivity index (χ3v) is 0.986. The van der Waals surface area contributed by atoms with E-state index in [1.165, 1.54) is 13.0 Å². The molecule has 0 heterocycles. The summed E-state index contributed by atoms with van der Waals surface area (Å²) in [5.41, 5.74) is 0. The van der Waals surface area contributed by atoms with Gasteiger partial charge in [-0.15, -0.1) is 0 Å². The Morgan fingerprint density at radius 1 is 1.50 bits per heavy atom. The molecule has 2 nitrogen and oxygen atoms in total. The van der Waals surface area contributed by atoms with E-state index in [1.54, 1.807) is 0 Å². The van der Waals surface area contributed by atoms with Gasteiger partial charge in [-0.3, -0.25) is 0 Å². The highest BCUT2D eigenvalue weighted by Gasteiger charge is 1.84. The minimum absolute atomic E-state index is 0.851. The van der Waals surface area contributed by atoms with Gasteiger partial charge in [0.2, 0.25) is 0 Å². The third-order valence-electron chi connectivity index (χ3n) is 0.986. The van der Waals surface area contributed by atoms with Crippen LogP contribution in [0.3, 0.4) is 0 Å². The predicted octanol–water partition coefficient (Wildman–Crippen LogP) is -0.394. The number of hydrogen-bond acceptors (Lipinski definition) is 1. The molecule has 2 heteroatoms. The summed E-state index contributed by atoms with van der Waals surface area (Å²) in [5, 5.41) is 2.17. The molecule has 0 bridgehead atoms. The smallest absolute Gasteiger partial charge is 0.0775 e. The molecule has 8 heavy (non-hydrogen) atoms. The summed E-state index contributed by atoms with van der Waals surface area (Å²) in [6.07, 6.45) is 1.17. The first kappa shape index (κ1) is 7.92. The van der Waals surface area contributed by atoms with Crippen molar-refractivity contribution in [2.24, 2.45) is 0 Å². The average Bonchev–Trinajstić information content (AvgIpc) is 1.81. The second kappa shape index (κ2) is 6.92. The van der Waals surface area contributed by atoms with Crippen molar-refractivity contribution in [1.29, 1.82) is 0 Å². The van der Waals surface area contributed by atoms with E-state index in [2.05, 4.69) is 12.4 Å². The van der Waals surface area contributed by atoms with Crippen LogP contribution in [-0.2, 0) is 4.74 Å². The van der Waals surface area contributed by atoms with E-state index < -0.39 is 0 Å². The molecule has 0 aliphatic carbocycles. The van der Waals surface area contributed by atoms with E-state index >= 15 is 0 Å². The summed E-state index contributed by atoms with van der Waals surface area (Å²) in [5.74, 6) is 0. The lowest BCUT2D eigenvalue weighted by Gasteiger charge is -1.96. The molecule has 0 amide bonds. The Kier molecular flexibility index (Phi) is 6.85. The molecule has 0 spiro atoms. The summed E-state index contributed by atoms with van der Waals surface area (Å²) >= 11 is 0. The fraction of sp³-hybridized carbons (Fsp3) is 1.00. The molecule has 2 N–H and O–H groups in total. The van der Waals surface area contributed by atoms with Gasteiger partial charge in [0.1, 0.15) is 0 Å². The predicted molar refractivity (Wildman–Crippen MR) is 33.8 cm³/mol. The monoisotopic (exact) mass is 118 g/mol. The number of ether oxygens (including phenoxy) is 1. The maximum absolute atomic E-state index is 5.12. The van der Waals surface area contributed by atoms with Gasteiger partial charge in [-0.05, 0) is 6.92 Å². The average molecular weight is 118 g/mol. The van der Waals surface area contributed by atoms with E-state index in [9.17, 15) is 0 Å². The maximum Gasteiger partial charge on any atom is 0.0775 e. The van der Waals surface area contributed by atoms with Crippen LogP contribution < -0.4 is 5.32 Å². The Labute approximate surface area is 51.2 Å². The zero-order chi connectivity index (χ0) is 6.24. The van der Waals surface area contributed by atoms with Crippen molar-refractivity contribution >= 4 is 0 Å². The van der Waals surface area contributed by atoms with Crippen LogP contribution in [0.5, 0.6) is 0 Å². The fourth-order valence-electron chi connectivity index (χ4n) is 0.534. The Morgan fingerprint density at radius 2 is 2.25 bits per heavy atom. The summed E-state index contributed by atoms with van der Waals surface area (Å²) in [6, 6.07) is 0. The topological polar surface area (TPSA) is 25.8 Å². The first-order valence-corrected chi connectivity index (χ1v) is 3.27. The van der Waals surface area contributed by atoms with Gasteiger partial charge in [-0.2, -0.15) is 0 Å². The lowest BCUT2D eigenvalue weighted by atomic mass is 10.4. The van der Waals surface area contributed by atoms with Crippen molar-refractivity contribution < 1.29 is 10.1 Å². The summed E-state index contributed by atoms with van der Waals surface area (Å²) < 4.78 is 5.12. The zero-order valence-corrected chi connectivity index (χ0v) is 5.81. The van der Waals surface area contributed by atoms with Crippen molar-refractivity contribution in [1.82, 2.24) is 0 Å². The fourth-order valence-corrected chi connectivity index (χ4v) is 0.534. The van der Waals surface area contributed by atoms with E-state index in [4.69, 9.17) is 4.74 Å². The number of hydrogen-bond donors (Lipinski definition) is 1. The van der Waals surface area contributed by atoms with E-state index in [0.717, 1.165) is 13.2 Å². The Balaban J connectivity index is 2.53. The molecular formula is C6H16NO+. The standard InChI is InChI=1S/C6H15NO/c1-3-8-6-4-5-7-2/h7H,3-6H2,1-2H3/p+1. The molecule has 0 fully saturated rings.